The van der Waals surface area contributed by atoms with Crippen LogP contribution in [0.25, 0.3) is 0 Å². The molecule has 1 amide bonds. The molecule has 0 spiro atoms. The van der Waals surface area contributed by atoms with Crippen molar-refractivity contribution >= 4 is 29.0 Å². The lowest BCUT2D eigenvalue weighted by atomic mass is 10.2. The van der Waals surface area contributed by atoms with Crippen LogP contribution >= 0.6 is 11.6 Å². The maximum absolute atomic E-state index is 11.8. The van der Waals surface area contributed by atoms with E-state index in [2.05, 4.69) is 20.7 Å². The molecule has 0 aromatic carbocycles. The van der Waals surface area contributed by atoms with Crippen molar-refractivity contribution in [3.05, 3.63) is 11.5 Å². The molecule has 1 atom stereocenters. The second-order valence-corrected chi connectivity index (χ2v) is 3.87. The van der Waals surface area contributed by atoms with E-state index >= 15 is 0 Å². The first kappa shape index (κ1) is 12.0. The molecule has 0 saturated carbocycles. The van der Waals surface area contributed by atoms with Gasteiger partial charge in [-0.25, -0.2) is 10.8 Å². The minimum atomic E-state index is -0.420. The van der Waals surface area contributed by atoms with Gasteiger partial charge < -0.3 is 15.5 Å². The molecule has 7 nitrogen and oxygen atoms in total. The quantitative estimate of drug-likeness (QED) is 0.415. The highest BCUT2D eigenvalue weighted by molar-refractivity contribution is 6.28. The molecule has 0 bridgehead atoms. The van der Waals surface area contributed by atoms with Crippen LogP contribution in [-0.4, -0.2) is 28.6 Å². The van der Waals surface area contributed by atoms with E-state index in [1.165, 1.54) is 6.20 Å². The first-order chi connectivity index (χ1) is 8.20. The van der Waals surface area contributed by atoms with E-state index in [0.717, 1.165) is 6.42 Å². The standard InChI is InChI=1S/C9H12ClN5O2/c10-9-12-4-5(7(14-9)15-11)13-8(16)6-2-1-3-17-6/h4,6H,1-3,11H2,(H,13,16)(H,12,14,15). The van der Waals surface area contributed by atoms with Crippen molar-refractivity contribution in [2.75, 3.05) is 17.3 Å². The van der Waals surface area contributed by atoms with E-state index in [4.69, 9.17) is 22.2 Å². The Morgan fingerprint density at radius 1 is 1.65 bits per heavy atom. The van der Waals surface area contributed by atoms with Crippen LogP contribution in [0.5, 0.6) is 0 Å². The molecular formula is C9H12ClN5O2. The highest BCUT2D eigenvalue weighted by atomic mass is 35.5. The predicted octanol–water partition coefficient (Wildman–Crippen LogP) is 0.533. The zero-order chi connectivity index (χ0) is 12.3. The van der Waals surface area contributed by atoms with Gasteiger partial charge in [0.1, 0.15) is 11.8 Å². The molecule has 8 heteroatoms. The second-order valence-electron chi connectivity index (χ2n) is 3.54. The van der Waals surface area contributed by atoms with Crippen LogP contribution in [-0.2, 0) is 9.53 Å². The Morgan fingerprint density at radius 3 is 3.12 bits per heavy atom. The van der Waals surface area contributed by atoms with E-state index < -0.39 is 6.10 Å². The first-order valence-corrected chi connectivity index (χ1v) is 5.50. The summed E-state index contributed by atoms with van der Waals surface area (Å²) in [7, 11) is 0. The molecule has 92 valence electrons. The number of ether oxygens (including phenoxy) is 1. The summed E-state index contributed by atoms with van der Waals surface area (Å²) in [5.74, 6) is 5.30. The van der Waals surface area contributed by atoms with Crippen molar-refractivity contribution in [2.45, 2.75) is 18.9 Å². The highest BCUT2D eigenvalue weighted by Gasteiger charge is 2.24. The fourth-order valence-corrected chi connectivity index (χ4v) is 1.69. The molecule has 1 saturated heterocycles. The number of carbonyl (C=O) groups is 1. The van der Waals surface area contributed by atoms with Crippen LogP contribution < -0.4 is 16.6 Å². The summed E-state index contributed by atoms with van der Waals surface area (Å²) < 4.78 is 5.25. The summed E-state index contributed by atoms with van der Waals surface area (Å²) in [6.45, 7) is 0.608. The number of anilines is 2. The van der Waals surface area contributed by atoms with Crippen LogP contribution in [0.2, 0.25) is 5.28 Å². The zero-order valence-electron chi connectivity index (χ0n) is 8.94. The molecule has 1 aromatic heterocycles. The van der Waals surface area contributed by atoms with E-state index in [-0.39, 0.29) is 17.0 Å². The number of amides is 1. The molecule has 1 unspecified atom stereocenters. The number of nitrogens with one attached hydrogen (secondary N) is 2. The van der Waals surface area contributed by atoms with Crippen molar-refractivity contribution in [2.24, 2.45) is 5.84 Å². The maximum atomic E-state index is 11.8. The number of carbonyl (C=O) groups excluding carboxylic acids is 1. The van der Waals surface area contributed by atoms with E-state index in [0.29, 0.717) is 18.7 Å². The number of hydrazine groups is 1. The fourth-order valence-electron chi connectivity index (χ4n) is 1.56. The summed E-state index contributed by atoms with van der Waals surface area (Å²) in [5, 5.41) is 2.69. The van der Waals surface area contributed by atoms with Crippen molar-refractivity contribution in [3.8, 4) is 0 Å². The fraction of sp³-hybridized carbons (Fsp3) is 0.444. The lowest BCUT2D eigenvalue weighted by molar-refractivity contribution is -0.124. The van der Waals surface area contributed by atoms with E-state index in [9.17, 15) is 4.79 Å². The minimum absolute atomic E-state index is 0.0491. The SMILES string of the molecule is NNc1nc(Cl)ncc1NC(=O)C1CCCO1. The summed E-state index contributed by atoms with van der Waals surface area (Å²) in [5.41, 5.74) is 2.71. The Kier molecular flexibility index (Phi) is 3.72. The van der Waals surface area contributed by atoms with Crippen molar-refractivity contribution < 1.29 is 9.53 Å². The first-order valence-electron chi connectivity index (χ1n) is 5.12. The van der Waals surface area contributed by atoms with Gasteiger partial charge in [0, 0.05) is 6.61 Å². The van der Waals surface area contributed by atoms with Gasteiger partial charge in [0.05, 0.1) is 6.20 Å². The Hall–Kier alpha value is -1.44. The van der Waals surface area contributed by atoms with Gasteiger partial charge in [0.25, 0.3) is 5.91 Å². The summed E-state index contributed by atoms with van der Waals surface area (Å²) in [4.78, 5) is 19.4. The molecule has 1 aromatic rings. The number of rotatable bonds is 3. The van der Waals surface area contributed by atoms with Gasteiger partial charge in [-0.15, -0.1) is 0 Å². The number of nitrogens with two attached hydrogens (primary N) is 1. The van der Waals surface area contributed by atoms with Crippen molar-refractivity contribution in [1.29, 1.82) is 0 Å². The number of nitrogens with zero attached hydrogens (tertiary/aromatic N) is 2. The summed E-state index contributed by atoms with van der Waals surface area (Å²) in [6, 6.07) is 0. The van der Waals surface area contributed by atoms with Gasteiger partial charge in [0.2, 0.25) is 5.28 Å². The molecular weight excluding hydrogens is 246 g/mol. The smallest absolute Gasteiger partial charge is 0.253 e. The highest BCUT2D eigenvalue weighted by Crippen LogP contribution is 2.20. The molecule has 0 radical (unpaired) electrons. The molecule has 2 rings (SSSR count). The molecule has 2 heterocycles. The van der Waals surface area contributed by atoms with Gasteiger partial charge in [-0.2, -0.15) is 4.98 Å². The monoisotopic (exact) mass is 257 g/mol. The summed E-state index contributed by atoms with van der Waals surface area (Å²) >= 11 is 5.60. The van der Waals surface area contributed by atoms with Crippen LogP contribution in [0.1, 0.15) is 12.8 Å². The Balaban J connectivity index is 2.09. The van der Waals surface area contributed by atoms with Crippen LogP contribution in [0.3, 0.4) is 0 Å². The normalized spacial score (nSPS) is 19.1. The largest absolute Gasteiger partial charge is 0.368 e. The number of hydrogen-bond acceptors (Lipinski definition) is 6. The molecule has 0 aliphatic carbocycles. The lowest BCUT2D eigenvalue weighted by Gasteiger charge is -2.12. The van der Waals surface area contributed by atoms with Crippen LogP contribution in [0.15, 0.2) is 6.20 Å². The molecule has 1 aliphatic heterocycles. The molecule has 17 heavy (non-hydrogen) atoms. The van der Waals surface area contributed by atoms with Gasteiger partial charge >= 0.3 is 0 Å². The topological polar surface area (TPSA) is 102 Å². The maximum Gasteiger partial charge on any atom is 0.253 e. The number of aromatic nitrogens is 2. The average molecular weight is 258 g/mol. The van der Waals surface area contributed by atoms with Gasteiger partial charge in [-0.3, -0.25) is 4.79 Å². The number of hydrogen-bond donors (Lipinski definition) is 3. The average Bonchev–Trinajstić information content (AvgIpc) is 2.85. The van der Waals surface area contributed by atoms with Crippen LogP contribution in [0, 0.1) is 0 Å². The molecule has 1 aliphatic rings. The van der Waals surface area contributed by atoms with Crippen molar-refractivity contribution in [1.82, 2.24) is 9.97 Å². The second kappa shape index (κ2) is 5.26. The minimum Gasteiger partial charge on any atom is -0.368 e. The van der Waals surface area contributed by atoms with Crippen molar-refractivity contribution in [3.63, 3.8) is 0 Å². The van der Waals surface area contributed by atoms with Gasteiger partial charge in [-0.05, 0) is 24.4 Å². The zero-order valence-corrected chi connectivity index (χ0v) is 9.70. The summed E-state index contributed by atoms with van der Waals surface area (Å²) in [6.07, 6.45) is 2.57. The Labute approximate surface area is 103 Å². The Morgan fingerprint density at radius 2 is 2.47 bits per heavy atom. The third kappa shape index (κ3) is 2.82. The third-order valence-electron chi connectivity index (χ3n) is 2.38. The van der Waals surface area contributed by atoms with Gasteiger partial charge in [-0.1, -0.05) is 0 Å². The van der Waals surface area contributed by atoms with Crippen LogP contribution in [0.4, 0.5) is 11.5 Å². The van der Waals surface area contributed by atoms with E-state index in [1.807, 2.05) is 0 Å². The lowest BCUT2D eigenvalue weighted by Crippen LogP contribution is -2.27. The number of halogens is 1. The number of nitrogen functional groups attached to an aromatic ring is 1. The molecule has 1 fully saturated rings. The Bertz CT molecular complexity index is 422. The van der Waals surface area contributed by atoms with Gasteiger partial charge in [0.15, 0.2) is 5.82 Å². The van der Waals surface area contributed by atoms with E-state index in [1.54, 1.807) is 0 Å². The predicted molar refractivity (Wildman–Crippen MR) is 62.5 cm³/mol. The molecule has 4 N–H and O–H groups in total. The third-order valence-corrected chi connectivity index (χ3v) is 2.56.